The van der Waals surface area contributed by atoms with Crippen molar-refractivity contribution in [2.24, 2.45) is 5.92 Å². The molecular weight excluding hydrogens is 238 g/mol. The fraction of sp³-hybridized carbons (Fsp3) is 0.500. The van der Waals surface area contributed by atoms with E-state index in [0.717, 1.165) is 17.1 Å². The van der Waals surface area contributed by atoms with Crippen molar-refractivity contribution in [3.8, 4) is 5.75 Å². The molecule has 94 valence electrons. The second kappa shape index (κ2) is 6.49. The number of methoxy groups -OCH3 is 1. The SMILES string of the molecule is COc1ccc([N+](=O)[O-])cc1CSCC(C)C. The van der Waals surface area contributed by atoms with Crippen LogP contribution in [0, 0.1) is 16.0 Å². The molecule has 0 spiro atoms. The van der Waals surface area contributed by atoms with Gasteiger partial charge in [0.05, 0.1) is 12.0 Å². The van der Waals surface area contributed by atoms with Gasteiger partial charge in [0.25, 0.3) is 5.69 Å². The number of hydrogen-bond acceptors (Lipinski definition) is 4. The lowest BCUT2D eigenvalue weighted by Gasteiger charge is -2.09. The Hall–Kier alpha value is -1.23. The van der Waals surface area contributed by atoms with Crippen LogP contribution < -0.4 is 4.74 Å². The molecular formula is C12H17NO3S. The molecule has 1 rings (SSSR count). The van der Waals surface area contributed by atoms with E-state index in [9.17, 15) is 10.1 Å². The number of thioether (sulfide) groups is 1. The van der Waals surface area contributed by atoms with Crippen LogP contribution in [0.1, 0.15) is 19.4 Å². The van der Waals surface area contributed by atoms with Crippen LogP contribution >= 0.6 is 11.8 Å². The molecule has 0 unspecified atom stereocenters. The molecule has 0 saturated carbocycles. The van der Waals surface area contributed by atoms with E-state index in [0.29, 0.717) is 11.7 Å². The van der Waals surface area contributed by atoms with Gasteiger partial charge in [-0.2, -0.15) is 11.8 Å². The summed E-state index contributed by atoms with van der Waals surface area (Å²) >= 11 is 1.76. The summed E-state index contributed by atoms with van der Waals surface area (Å²) in [6, 6.07) is 4.71. The van der Waals surface area contributed by atoms with Crippen molar-refractivity contribution in [1.82, 2.24) is 0 Å². The standard InChI is InChI=1S/C12H17NO3S/c1-9(2)7-17-8-10-6-11(13(14)15)4-5-12(10)16-3/h4-6,9H,7-8H2,1-3H3. The van der Waals surface area contributed by atoms with Gasteiger partial charge in [-0.05, 0) is 17.7 Å². The van der Waals surface area contributed by atoms with Crippen molar-refractivity contribution in [3.05, 3.63) is 33.9 Å². The first-order chi connectivity index (χ1) is 8.04. The number of rotatable bonds is 6. The highest BCUT2D eigenvalue weighted by Crippen LogP contribution is 2.28. The molecule has 1 aromatic rings. The number of benzene rings is 1. The Bertz CT molecular complexity index is 393. The monoisotopic (exact) mass is 255 g/mol. The third kappa shape index (κ3) is 4.26. The van der Waals surface area contributed by atoms with E-state index in [1.165, 1.54) is 6.07 Å². The van der Waals surface area contributed by atoms with Crippen LogP contribution in [0.4, 0.5) is 5.69 Å². The van der Waals surface area contributed by atoms with E-state index < -0.39 is 0 Å². The summed E-state index contributed by atoms with van der Waals surface area (Å²) in [5.74, 6) is 3.10. The molecule has 1 aromatic carbocycles. The first-order valence-corrected chi connectivity index (χ1v) is 6.59. The van der Waals surface area contributed by atoms with E-state index in [-0.39, 0.29) is 10.6 Å². The van der Waals surface area contributed by atoms with Crippen LogP contribution in [-0.2, 0) is 5.75 Å². The zero-order chi connectivity index (χ0) is 12.8. The van der Waals surface area contributed by atoms with Crippen molar-refractivity contribution in [3.63, 3.8) is 0 Å². The molecule has 0 N–H and O–H groups in total. The van der Waals surface area contributed by atoms with Gasteiger partial charge in [0.1, 0.15) is 5.75 Å². The van der Waals surface area contributed by atoms with Gasteiger partial charge < -0.3 is 4.74 Å². The van der Waals surface area contributed by atoms with Crippen molar-refractivity contribution < 1.29 is 9.66 Å². The first-order valence-electron chi connectivity index (χ1n) is 5.43. The summed E-state index contributed by atoms with van der Waals surface area (Å²) in [6.45, 7) is 4.30. The van der Waals surface area contributed by atoms with Gasteiger partial charge in [-0.25, -0.2) is 0 Å². The van der Waals surface area contributed by atoms with Crippen LogP contribution in [-0.4, -0.2) is 17.8 Å². The Kier molecular flexibility index (Phi) is 5.28. The number of nitro benzene ring substituents is 1. The van der Waals surface area contributed by atoms with Crippen LogP contribution in [0.2, 0.25) is 0 Å². The third-order valence-electron chi connectivity index (χ3n) is 2.18. The maximum absolute atomic E-state index is 10.7. The first kappa shape index (κ1) is 13.8. The predicted octanol–water partition coefficient (Wildman–Crippen LogP) is 3.49. The fourth-order valence-electron chi connectivity index (χ4n) is 1.40. The van der Waals surface area contributed by atoms with Crippen molar-refractivity contribution >= 4 is 17.4 Å². The van der Waals surface area contributed by atoms with Crippen molar-refractivity contribution in [2.45, 2.75) is 19.6 Å². The topological polar surface area (TPSA) is 52.4 Å². The number of hydrogen-bond donors (Lipinski definition) is 0. The maximum atomic E-state index is 10.7. The highest BCUT2D eigenvalue weighted by molar-refractivity contribution is 7.98. The molecule has 0 aliphatic rings. The van der Waals surface area contributed by atoms with Crippen LogP contribution in [0.3, 0.4) is 0 Å². The molecule has 0 amide bonds. The van der Waals surface area contributed by atoms with Gasteiger partial charge in [0, 0.05) is 23.4 Å². The highest BCUT2D eigenvalue weighted by atomic mass is 32.2. The van der Waals surface area contributed by atoms with E-state index in [2.05, 4.69) is 13.8 Å². The number of non-ortho nitro benzene ring substituents is 1. The molecule has 5 heteroatoms. The van der Waals surface area contributed by atoms with Gasteiger partial charge in [0.15, 0.2) is 0 Å². The van der Waals surface area contributed by atoms with Crippen LogP contribution in [0.5, 0.6) is 5.75 Å². The van der Waals surface area contributed by atoms with Crippen molar-refractivity contribution in [1.29, 1.82) is 0 Å². The Morgan fingerprint density at radius 3 is 2.71 bits per heavy atom. The van der Waals surface area contributed by atoms with Gasteiger partial charge in [-0.1, -0.05) is 13.8 Å². The van der Waals surface area contributed by atoms with Gasteiger partial charge in [-0.15, -0.1) is 0 Å². The molecule has 0 aromatic heterocycles. The van der Waals surface area contributed by atoms with Crippen LogP contribution in [0.15, 0.2) is 18.2 Å². The predicted molar refractivity (Wildman–Crippen MR) is 70.6 cm³/mol. The minimum atomic E-state index is -0.379. The maximum Gasteiger partial charge on any atom is 0.270 e. The number of nitrogens with zero attached hydrogens (tertiary/aromatic N) is 1. The summed E-state index contributed by atoms with van der Waals surface area (Å²) in [7, 11) is 1.58. The molecule has 0 saturated heterocycles. The summed E-state index contributed by atoms with van der Waals surface area (Å²) in [5.41, 5.74) is 0.998. The summed E-state index contributed by atoms with van der Waals surface area (Å²) in [4.78, 5) is 10.3. The Morgan fingerprint density at radius 1 is 1.47 bits per heavy atom. The zero-order valence-corrected chi connectivity index (χ0v) is 11.1. The van der Waals surface area contributed by atoms with Crippen molar-refractivity contribution in [2.75, 3.05) is 12.9 Å². The normalized spacial score (nSPS) is 10.6. The molecule has 0 aliphatic heterocycles. The second-order valence-electron chi connectivity index (χ2n) is 4.16. The van der Waals surface area contributed by atoms with E-state index in [1.54, 1.807) is 31.0 Å². The second-order valence-corrected chi connectivity index (χ2v) is 5.19. The minimum Gasteiger partial charge on any atom is -0.496 e. The number of nitro groups is 1. The summed E-state index contributed by atoms with van der Waals surface area (Å²) < 4.78 is 5.20. The lowest BCUT2D eigenvalue weighted by molar-refractivity contribution is -0.384. The Labute approximate surface area is 106 Å². The molecule has 0 aliphatic carbocycles. The molecule has 0 heterocycles. The Morgan fingerprint density at radius 2 is 2.18 bits per heavy atom. The summed E-state index contributed by atoms with van der Waals surface area (Å²) in [6.07, 6.45) is 0. The quantitative estimate of drug-likeness (QED) is 0.576. The minimum absolute atomic E-state index is 0.117. The van der Waals surface area contributed by atoms with E-state index in [4.69, 9.17) is 4.74 Å². The Balaban J connectivity index is 2.79. The highest BCUT2D eigenvalue weighted by Gasteiger charge is 2.11. The molecule has 0 radical (unpaired) electrons. The number of ether oxygens (including phenoxy) is 1. The summed E-state index contributed by atoms with van der Waals surface area (Å²) in [5, 5.41) is 10.7. The largest absolute Gasteiger partial charge is 0.496 e. The van der Waals surface area contributed by atoms with Gasteiger partial charge in [-0.3, -0.25) is 10.1 Å². The van der Waals surface area contributed by atoms with Gasteiger partial charge >= 0.3 is 0 Å². The van der Waals surface area contributed by atoms with Crippen LogP contribution in [0.25, 0.3) is 0 Å². The molecule has 0 fully saturated rings. The lowest BCUT2D eigenvalue weighted by atomic mass is 10.2. The zero-order valence-electron chi connectivity index (χ0n) is 10.3. The molecule has 0 bridgehead atoms. The van der Waals surface area contributed by atoms with E-state index >= 15 is 0 Å². The average molecular weight is 255 g/mol. The molecule has 17 heavy (non-hydrogen) atoms. The smallest absolute Gasteiger partial charge is 0.270 e. The van der Waals surface area contributed by atoms with Gasteiger partial charge in [0.2, 0.25) is 0 Å². The molecule has 0 atom stereocenters. The fourth-order valence-corrected chi connectivity index (χ4v) is 2.43. The van der Waals surface area contributed by atoms with E-state index in [1.807, 2.05) is 0 Å². The average Bonchev–Trinajstić information content (AvgIpc) is 2.28. The lowest BCUT2D eigenvalue weighted by Crippen LogP contribution is -1.96. The third-order valence-corrected chi connectivity index (χ3v) is 3.60. The molecule has 4 nitrogen and oxygen atoms in total.